The molecule has 1 heterocycles. The second kappa shape index (κ2) is 11.0. The molecule has 0 saturated carbocycles. The highest BCUT2D eigenvalue weighted by Gasteiger charge is 2.14. The molecule has 0 bridgehead atoms. The Morgan fingerprint density at radius 1 is 1.06 bits per heavy atom. The normalized spacial score (nSPS) is 11.0. The van der Waals surface area contributed by atoms with Crippen molar-refractivity contribution < 1.29 is 13.2 Å². The fraction of sp³-hybridized carbons (Fsp3) is 0.167. The number of nitrogens with zero attached hydrogens (tertiary/aromatic N) is 1. The number of nitrogens with one attached hydrogen (secondary N) is 2. The largest absolute Gasteiger partial charge is 0.349 e. The maximum atomic E-state index is 12.6. The van der Waals surface area contributed by atoms with Crippen LogP contribution in [0.5, 0.6) is 0 Å². The highest BCUT2D eigenvalue weighted by molar-refractivity contribution is 7.99. The lowest BCUT2D eigenvalue weighted by Gasteiger charge is -2.09. The van der Waals surface area contributed by atoms with E-state index in [1.54, 1.807) is 42.5 Å². The van der Waals surface area contributed by atoms with E-state index in [4.69, 9.17) is 0 Å². The topological polar surface area (TPSA) is 88.2 Å². The molecule has 0 aliphatic heterocycles. The summed E-state index contributed by atoms with van der Waals surface area (Å²) in [5.41, 5.74) is 2.07. The zero-order valence-corrected chi connectivity index (χ0v) is 19.4. The van der Waals surface area contributed by atoms with Gasteiger partial charge in [0.15, 0.2) is 0 Å². The van der Waals surface area contributed by atoms with Crippen molar-refractivity contribution in [2.24, 2.45) is 0 Å². The van der Waals surface area contributed by atoms with E-state index in [-0.39, 0.29) is 10.8 Å². The summed E-state index contributed by atoms with van der Waals surface area (Å²) in [5, 5.41) is 3.43. The van der Waals surface area contributed by atoms with Crippen LogP contribution in [-0.2, 0) is 16.4 Å². The zero-order chi connectivity index (χ0) is 23.0. The fourth-order valence-corrected chi connectivity index (χ4v) is 4.71. The van der Waals surface area contributed by atoms with E-state index in [9.17, 15) is 13.2 Å². The van der Waals surface area contributed by atoms with Crippen LogP contribution in [0.4, 0.5) is 5.69 Å². The highest BCUT2D eigenvalue weighted by atomic mass is 32.2. The zero-order valence-electron chi connectivity index (χ0n) is 17.7. The molecule has 166 valence electrons. The number of carbonyl (C=O) groups is 1. The molecule has 2 N–H and O–H groups in total. The minimum absolute atomic E-state index is 0.203. The molecule has 0 aliphatic carbocycles. The molecule has 32 heavy (non-hydrogen) atoms. The number of hydrogen-bond acceptors (Lipinski definition) is 5. The van der Waals surface area contributed by atoms with Crippen molar-refractivity contribution in [3.8, 4) is 0 Å². The lowest BCUT2D eigenvalue weighted by Crippen LogP contribution is -2.23. The quantitative estimate of drug-likeness (QED) is 0.414. The maximum Gasteiger partial charge on any atom is 0.261 e. The summed E-state index contributed by atoms with van der Waals surface area (Å²) in [7, 11) is -3.65. The summed E-state index contributed by atoms with van der Waals surface area (Å²) in [6.07, 6.45) is 5.07. The van der Waals surface area contributed by atoms with Gasteiger partial charge in [-0.3, -0.25) is 9.52 Å². The van der Waals surface area contributed by atoms with Crippen molar-refractivity contribution in [3.63, 3.8) is 0 Å². The molecule has 1 aromatic heterocycles. The Balaban J connectivity index is 1.62. The summed E-state index contributed by atoms with van der Waals surface area (Å²) >= 11 is 1.42. The molecular formula is C24H25N3O3S2. The minimum atomic E-state index is -3.65. The van der Waals surface area contributed by atoms with Gasteiger partial charge in [-0.05, 0) is 60.5 Å². The van der Waals surface area contributed by atoms with Gasteiger partial charge in [0, 0.05) is 23.3 Å². The van der Waals surface area contributed by atoms with E-state index in [0.29, 0.717) is 17.8 Å². The van der Waals surface area contributed by atoms with Gasteiger partial charge in [0.25, 0.3) is 15.9 Å². The van der Waals surface area contributed by atoms with E-state index in [1.165, 1.54) is 18.0 Å². The monoisotopic (exact) mass is 467 g/mol. The van der Waals surface area contributed by atoms with Crippen LogP contribution in [0.15, 0.2) is 94.3 Å². The van der Waals surface area contributed by atoms with E-state index >= 15 is 0 Å². The molecule has 0 fully saturated rings. The van der Waals surface area contributed by atoms with Gasteiger partial charge in [0.05, 0.1) is 10.5 Å². The van der Waals surface area contributed by atoms with Crippen molar-refractivity contribution >= 4 is 33.4 Å². The van der Waals surface area contributed by atoms with Crippen LogP contribution >= 0.6 is 11.8 Å². The number of benzene rings is 2. The Labute approximate surface area is 193 Å². The van der Waals surface area contributed by atoms with Gasteiger partial charge >= 0.3 is 0 Å². The lowest BCUT2D eigenvalue weighted by atomic mass is 10.1. The maximum absolute atomic E-state index is 12.6. The number of pyridine rings is 1. The number of aryl methyl sites for hydroxylation is 1. The molecule has 0 unspecified atom stereocenters. The lowest BCUT2D eigenvalue weighted by molar-refractivity contribution is 0.0957. The first-order valence-electron chi connectivity index (χ1n) is 10.2. The molecule has 0 saturated heterocycles. The molecule has 1 amide bonds. The molecule has 8 heteroatoms. The Hall–Kier alpha value is -3.10. The Morgan fingerprint density at radius 2 is 1.78 bits per heavy atom. The highest BCUT2D eigenvalue weighted by Crippen LogP contribution is 2.28. The van der Waals surface area contributed by atoms with Crippen LogP contribution in [0.25, 0.3) is 0 Å². The Morgan fingerprint density at radius 3 is 2.38 bits per heavy atom. The molecular weight excluding hydrogens is 442 g/mol. The summed E-state index contributed by atoms with van der Waals surface area (Å²) in [6, 6.07) is 17.5. The number of hydrogen-bond donors (Lipinski definition) is 2. The van der Waals surface area contributed by atoms with Crippen LogP contribution in [0.1, 0.15) is 29.3 Å². The predicted octanol–water partition coefficient (Wildman–Crippen LogP) is 4.90. The molecule has 3 aromatic rings. The molecule has 6 nitrogen and oxygen atoms in total. The summed E-state index contributed by atoms with van der Waals surface area (Å²) in [6.45, 7) is 6.05. The molecule has 3 rings (SSSR count). The van der Waals surface area contributed by atoms with E-state index in [0.717, 1.165) is 28.3 Å². The van der Waals surface area contributed by atoms with Gasteiger partial charge in [-0.2, -0.15) is 0 Å². The number of amides is 1. The van der Waals surface area contributed by atoms with Crippen LogP contribution in [0.2, 0.25) is 0 Å². The average Bonchev–Trinajstić information content (AvgIpc) is 2.80. The first-order valence-corrected chi connectivity index (χ1v) is 12.5. The Kier molecular flexibility index (Phi) is 8.08. The molecule has 0 atom stereocenters. The van der Waals surface area contributed by atoms with Crippen molar-refractivity contribution in [2.75, 3.05) is 11.3 Å². The number of carbonyl (C=O) groups excluding carboxylic acids is 1. The molecule has 0 aliphatic rings. The van der Waals surface area contributed by atoms with E-state index in [1.807, 2.05) is 24.3 Å². The van der Waals surface area contributed by atoms with Crippen LogP contribution in [-0.4, -0.2) is 25.9 Å². The number of anilines is 1. The van der Waals surface area contributed by atoms with Gasteiger partial charge < -0.3 is 5.32 Å². The number of aromatic nitrogens is 1. The number of sulfonamides is 1. The average molecular weight is 468 g/mol. The smallest absolute Gasteiger partial charge is 0.261 e. The molecule has 0 spiro atoms. The number of rotatable bonds is 10. The van der Waals surface area contributed by atoms with Gasteiger partial charge in [0.1, 0.15) is 5.03 Å². The molecule has 0 radical (unpaired) electrons. The van der Waals surface area contributed by atoms with Gasteiger partial charge in [-0.15, -0.1) is 6.58 Å². The summed E-state index contributed by atoms with van der Waals surface area (Å²) in [5.74, 6) is -0.203. The van der Waals surface area contributed by atoms with E-state index < -0.39 is 10.0 Å². The first-order chi connectivity index (χ1) is 15.4. The van der Waals surface area contributed by atoms with Crippen molar-refractivity contribution in [2.45, 2.75) is 34.6 Å². The first kappa shape index (κ1) is 23.6. The van der Waals surface area contributed by atoms with Gasteiger partial charge in [-0.25, -0.2) is 13.4 Å². The van der Waals surface area contributed by atoms with Gasteiger partial charge in [0.2, 0.25) is 0 Å². The van der Waals surface area contributed by atoms with E-state index in [2.05, 4.69) is 28.5 Å². The van der Waals surface area contributed by atoms with Crippen molar-refractivity contribution in [3.05, 3.63) is 90.6 Å². The van der Waals surface area contributed by atoms with Crippen molar-refractivity contribution in [1.29, 1.82) is 0 Å². The van der Waals surface area contributed by atoms with Crippen LogP contribution in [0, 0.1) is 0 Å². The SMILES string of the molecule is C=CCNC(=O)c1ccc(Sc2ccc(NS(=O)(=O)c3ccc(CCC)cc3)cc2)nc1. The summed E-state index contributed by atoms with van der Waals surface area (Å²) in [4.78, 5) is 17.4. The standard InChI is InChI=1S/C24H25N3O3S2/c1-3-5-18-6-13-22(14-7-18)32(29,30)27-20-9-11-21(12-10-20)31-23-15-8-19(17-26-23)24(28)25-16-4-2/h4,6-15,17,27H,2-3,5,16H2,1H3,(H,25,28). The summed E-state index contributed by atoms with van der Waals surface area (Å²) < 4.78 is 27.9. The second-order valence-corrected chi connectivity index (χ2v) is 9.79. The molecule has 2 aromatic carbocycles. The minimum Gasteiger partial charge on any atom is -0.349 e. The van der Waals surface area contributed by atoms with Crippen molar-refractivity contribution in [1.82, 2.24) is 10.3 Å². The Bertz CT molecular complexity index is 1160. The third-order valence-electron chi connectivity index (χ3n) is 4.51. The van der Waals surface area contributed by atoms with Crippen LogP contribution in [0.3, 0.4) is 0 Å². The van der Waals surface area contributed by atoms with Gasteiger partial charge in [-0.1, -0.05) is 43.3 Å². The predicted molar refractivity (Wildman–Crippen MR) is 129 cm³/mol. The third-order valence-corrected chi connectivity index (χ3v) is 6.86. The second-order valence-electron chi connectivity index (χ2n) is 7.01. The fourth-order valence-electron chi connectivity index (χ4n) is 2.89. The van der Waals surface area contributed by atoms with Crippen LogP contribution < -0.4 is 10.0 Å². The third kappa shape index (κ3) is 6.45.